The third kappa shape index (κ3) is 4.13. The van der Waals surface area contributed by atoms with E-state index >= 15 is 0 Å². The summed E-state index contributed by atoms with van der Waals surface area (Å²) in [6.07, 6.45) is 1.93. The fourth-order valence-corrected chi connectivity index (χ4v) is 3.62. The van der Waals surface area contributed by atoms with Gasteiger partial charge >= 0.3 is 5.97 Å². The maximum atomic E-state index is 12.6. The van der Waals surface area contributed by atoms with Crippen molar-refractivity contribution in [1.29, 1.82) is 0 Å². The number of amides is 1. The van der Waals surface area contributed by atoms with Crippen LogP contribution in [0.15, 0.2) is 35.5 Å². The van der Waals surface area contributed by atoms with Gasteiger partial charge in [-0.05, 0) is 63.5 Å². The summed E-state index contributed by atoms with van der Waals surface area (Å²) in [4.78, 5) is 26.4. The summed E-state index contributed by atoms with van der Waals surface area (Å²) >= 11 is 5.47. The summed E-state index contributed by atoms with van der Waals surface area (Å²) in [6, 6.07) is 7.12. The summed E-state index contributed by atoms with van der Waals surface area (Å²) < 4.78 is 5.28. The minimum absolute atomic E-state index is 0.0706. The van der Waals surface area contributed by atoms with Crippen LogP contribution >= 0.6 is 12.2 Å². The summed E-state index contributed by atoms with van der Waals surface area (Å²) in [7, 11) is 0. The zero-order chi connectivity index (χ0) is 19.6. The van der Waals surface area contributed by atoms with Crippen LogP contribution in [0.5, 0.6) is 0 Å². The van der Waals surface area contributed by atoms with Crippen molar-refractivity contribution in [1.82, 2.24) is 10.2 Å². The molecule has 2 N–H and O–H groups in total. The summed E-state index contributed by atoms with van der Waals surface area (Å²) in [5.41, 5.74) is 3.00. The Balaban J connectivity index is 1.88. The van der Waals surface area contributed by atoms with E-state index in [1.165, 1.54) is 0 Å². The van der Waals surface area contributed by atoms with Crippen LogP contribution in [0.3, 0.4) is 0 Å². The van der Waals surface area contributed by atoms with E-state index in [0.717, 1.165) is 29.8 Å². The van der Waals surface area contributed by atoms with Crippen molar-refractivity contribution in [2.24, 2.45) is 5.92 Å². The van der Waals surface area contributed by atoms with E-state index in [0.29, 0.717) is 23.8 Å². The average molecular weight is 388 g/mol. The van der Waals surface area contributed by atoms with Gasteiger partial charge in [0.05, 0.1) is 18.2 Å². The first-order valence-corrected chi connectivity index (χ1v) is 9.73. The van der Waals surface area contributed by atoms with Gasteiger partial charge < -0.3 is 20.3 Å². The highest BCUT2D eigenvalue weighted by Crippen LogP contribution is 2.33. The second-order valence-electron chi connectivity index (χ2n) is 6.73. The van der Waals surface area contributed by atoms with Gasteiger partial charge in [0.25, 0.3) is 0 Å². The van der Waals surface area contributed by atoms with Crippen LogP contribution in [0.4, 0.5) is 5.69 Å². The largest absolute Gasteiger partial charge is 0.463 e. The van der Waals surface area contributed by atoms with E-state index in [4.69, 9.17) is 17.0 Å². The number of esters is 1. The van der Waals surface area contributed by atoms with Crippen molar-refractivity contribution in [3.63, 3.8) is 0 Å². The lowest BCUT2D eigenvalue weighted by Crippen LogP contribution is -2.47. The number of hydrogen-bond acceptors (Lipinski definition) is 4. The molecule has 1 atom stereocenters. The molecule has 1 aliphatic heterocycles. The Morgan fingerprint density at radius 2 is 1.93 bits per heavy atom. The van der Waals surface area contributed by atoms with Crippen LogP contribution in [0.25, 0.3) is 0 Å². The molecule has 27 heavy (non-hydrogen) atoms. The lowest BCUT2D eigenvalue weighted by Gasteiger charge is -2.37. The van der Waals surface area contributed by atoms with Crippen LogP contribution in [-0.2, 0) is 14.3 Å². The van der Waals surface area contributed by atoms with Gasteiger partial charge in [0, 0.05) is 23.8 Å². The van der Waals surface area contributed by atoms with Gasteiger partial charge in [-0.2, -0.15) is 0 Å². The first kappa shape index (κ1) is 19.4. The molecule has 1 amide bonds. The summed E-state index contributed by atoms with van der Waals surface area (Å²) in [5.74, 6) is -0.121. The lowest BCUT2D eigenvalue weighted by molar-refractivity contribution is -0.139. The molecule has 0 unspecified atom stereocenters. The molecule has 1 aromatic rings. The normalized spacial score (nSPS) is 19.6. The van der Waals surface area contributed by atoms with Gasteiger partial charge in [0.1, 0.15) is 0 Å². The fourth-order valence-electron chi connectivity index (χ4n) is 3.23. The van der Waals surface area contributed by atoms with Gasteiger partial charge in [0.2, 0.25) is 5.91 Å². The van der Waals surface area contributed by atoms with E-state index in [2.05, 4.69) is 10.6 Å². The second kappa shape index (κ2) is 8.08. The smallest absolute Gasteiger partial charge is 0.338 e. The Morgan fingerprint density at radius 3 is 2.48 bits per heavy atom. The van der Waals surface area contributed by atoms with Crippen molar-refractivity contribution in [2.45, 2.75) is 39.7 Å². The second-order valence-corrected chi connectivity index (χ2v) is 7.12. The minimum Gasteiger partial charge on any atom is -0.463 e. The molecule has 1 fully saturated rings. The number of anilines is 1. The van der Waals surface area contributed by atoms with E-state index in [1.807, 2.05) is 43.0 Å². The first-order valence-electron chi connectivity index (χ1n) is 9.33. The van der Waals surface area contributed by atoms with Gasteiger partial charge in [-0.15, -0.1) is 0 Å². The molecule has 1 aliphatic carbocycles. The molecule has 1 heterocycles. The maximum Gasteiger partial charge on any atom is 0.338 e. The van der Waals surface area contributed by atoms with Crippen LogP contribution in [0.1, 0.15) is 45.2 Å². The number of carbonyl (C=O) groups excluding carboxylic acids is 2. The Bertz CT molecular complexity index is 784. The molecular formula is C20H25N3O3S. The van der Waals surface area contributed by atoms with Crippen molar-refractivity contribution in [3.05, 3.63) is 41.1 Å². The minimum atomic E-state index is -0.382. The molecule has 6 nitrogen and oxygen atoms in total. The molecule has 0 saturated heterocycles. The standard InChI is InChI=1S/C20H25N3O3S/c1-4-23-12(3)16(19(25)26-5-2)17(22-20(23)27)13-8-10-15(11-9-13)21-18(24)14-6-7-14/h8-11,14,17H,4-7H2,1-3H3,(H,21,24)(H,22,27)/t17-/m1/s1. The van der Waals surface area contributed by atoms with Gasteiger partial charge in [-0.3, -0.25) is 4.79 Å². The van der Waals surface area contributed by atoms with Crippen LogP contribution < -0.4 is 10.6 Å². The molecule has 3 rings (SSSR count). The number of ether oxygens (including phenoxy) is 1. The Hall–Kier alpha value is -2.41. The van der Waals surface area contributed by atoms with Gasteiger partial charge in [-0.25, -0.2) is 4.79 Å². The topological polar surface area (TPSA) is 70.7 Å². The third-order valence-electron chi connectivity index (χ3n) is 4.87. The average Bonchev–Trinajstić information content (AvgIpc) is 3.47. The molecule has 0 radical (unpaired) electrons. The molecule has 0 spiro atoms. The maximum absolute atomic E-state index is 12.6. The first-order chi connectivity index (χ1) is 13.0. The molecule has 1 saturated carbocycles. The summed E-state index contributed by atoms with van der Waals surface area (Å²) in [5, 5.41) is 6.76. The predicted octanol–water partition coefficient (Wildman–Crippen LogP) is 3.12. The zero-order valence-electron chi connectivity index (χ0n) is 15.9. The number of thiocarbonyl (C=S) groups is 1. The number of carbonyl (C=O) groups is 2. The highest BCUT2D eigenvalue weighted by molar-refractivity contribution is 7.80. The zero-order valence-corrected chi connectivity index (χ0v) is 16.7. The number of nitrogens with zero attached hydrogens (tertiary/aromatic N) is 1. The van der Waals surface area contributed by atoms with Crippen LogP contribution in [0.2, 0.25) is 0 Å². The van der Waals surface area contributed by atoms with E-state index in [1.54, 1.807) is 6.92 Å². The number of nitrogens with one attached hydrogen (secondary N) is 2. The molecule has 7 heteroatoms. The van der Waals surface area contributed by atoms with Gasteiger partial charge in [-0.1, -0.05) is 12.1 Å². The molecule has 1 aromatic carbocycles. The summed E-state index contributed by atoms with van der Waals surface area (Å²) in [6.45, 7) is 6.64. The monoisotopic (exact) mass is 387 g/mol. The Kier molecular flexibility index (Phi) is 5.79. The highest BCUT2D eigenvalue weighted by Gasteiger charge is 2.34. The van der Waals surface area contributed by atoms with Crippen LogP contribution in [0, 0.1) is 5.92 Å². The van der Waals surface area contributed by atoms with E-state index in [-0.39, 0.29) is 23.8 Å². The fraction of sp³-hybridized carbons (Fsp3) is 0.450. The molecule has 0 aromatic heterocycles. The Labute approximate surface area is 164 Å². The number of rotatable bonds is 6. The molecule has 2 aliphatic rings. The Morgan fingerprint density at radius 1 is 1.26 bits per heavy atom. The molecule has 0 bridgehead atoms. The number of allylic oxidation sites excluding steroid dienone is 1. The quantitative estimate of drug-likeness (QED) is 0.577. The van der Waals surface area contributed by atoms with Crippen molar-refractivity contribution in [2.75, 3.05) is 18.5 Å². The SMILES string of the molecule is CCOC(=O)C1=C(C)N(CC)C(=S)N[C@@H]1c1ccc(NC(=O)C2CC2)cc1. The lowest BCUT2D eigenvalue weighted by atomic mass is 9.95. The molecule has 144 valence electrons. The van der Waals surface area contributed by atoms with Crippen LogP contribution in [-0.4, -0.2) is 35.0 Å². The van der Waals surface area contributed by atoms with Crippen molar-refractivity contribution >= 4 is 34.9 Å². The van der Waals surface area contributed by atoms with Gasteiger partial charge in [0.15, 0.2) is 5.11 Å². The highest BCUT2D eigenvalue weighted by atomic mass is 32.1. The number of benzene rings is 1. The third-order valence-corrected chi connectivity index (χ3v) is 5.21. The van der Waals surface area contributed by atoms with E-state index < -0.39 is 0 Å². The van der Waals surface area contributed by atoms with Crippen molar-refractivity contribution < 1.29 is 14.3 Å². The van der Waals surface area contributed by atoms with E-state index in [9.17, 15) is 9.59 Å². The predicted molar refractivity (Wildman–Crippen MR) is 108 cm³/mol. The number of hydrogen-bond donors (Lipinski definition) is 2. The molecular weight excluding hydrogens is 362 g/mol. The van der Waals surface area contributed by atoms with Crippen molar-refractivity contribution in [3.8, 4) is 0 Å².